The Morgan fingerprint density at radius 2 is 2.25 bits per heavy atom. The average Bonchev–Trinajstić information content (AvgIpc) is 2.82. The predicted molar refractivity (Wildman–Crippen MR) is 108 cm³/mol. The van der Waals surface area contributed by atoms with Crippen LogP contribution in [-0.2, 0) is 11.2 Å². The number of allylic oxidation sites excluding steroid dienone is 1. The second-order valence-corrected chi connectivity index (χ2v) is 7.26. The maximum Gasteiger partial charge on any atom is 0.413 e. The molecule has 1 unspecified atom stereocenters. The zero-order chi connectivity index (χ0) is 19.7. The molecule has 1 amide bonds. The van der Waals surface area contributed by atoms with E-state index < -0.39 is 6.10 Å². The molecule has 5 nitrogen and oxygen atoms in total. The van der Waals surface area contributed by atoms with Gasteiger partial charge in [-0.15, -0.1) is 0 Å². The van der Waals surface area contributed by atoms with E-state index in [9.17, 15) is 9.90 Å². The Kier molecular flexibility index (Phi) is 5.20. The maximum absolute atomic E-state index is 12.0. The Morgan fingerprint density at radius 3 is 3.00 bits per heavy atom. The van der Waals surface area contributed by atoms with Gasteiger partial charge in [0.2, 0.25) is 0 Å². The number of benzene rings is 1. The number of aliphatic hydroxyl groups excluding tert-OH is 1. The van der Waals surface area contributed by atoms with Crippen LogP contribution in [0.25, 0.3) is 5.57 Å². The summed E-state index contributed by atoms with van der Waals surface area (Å²) in [5, 5.41) is 11.4. The number of ether oxygens (including phenoxy) is 1. The molecule has 2 aromatic rings. The lowest BCUT2D eigenvalue weighted by molar-refractivity contribution is 0.122. The van der Waals surface area contributed by atoms with Gasteiger partial charge in [-0.25, -0.2) is 4.79 Å². The summed E-state index contributed by atoms with van der Waals surface area (Å²) in [6.45, 7) is 2.67. The summed E-state index contributed by atoms with van der Waals surface area (Å²) in [5.41, 5.74) is 5.64. The maximum atomic E-state index is 12.0. The molecule has 1 aliphatic carbocycles. The largest absolute Gasteiger partial charge is 0.449 e. The van der Waals surface area contributed by atoms with E-state index in [4.69, 9.17) is 16.3 Å². The molecule has 1 N–H and O–H groups in total. The van der Waals surface area contributed by atoms with Crippen molar-refractivity contribution in [3.8, 4) is 0 Å². The number of hydrogen-bond donors (Lipinski definition) is 1. The summed E-state index contributed by atoms with van der Waals surface area (Å²) >= 11 is 6.22. The topological polar surface area (TPSA) is 62.7 Å². The monoisotopic (exact) mass is 396 g/mol. The number of hydrogen-bond acceptors (Lipinski definition) is 4. The van der Waals surface area contributed by atoms with E-state index >= 15 is 0 Å². The van der Waals surface area contributed by atoms with Crippen molar-refractivity contribution in [2.45, 2.75) is 25.9 Å². The predicted octanol–water partition coefficient (Wildman–Crippen LogP) is 4.50. The molecule has 2 aliphatic rings. The van der Waals surface area contributed by atoms with Crippen LogP contribution >= 0.6 is 11.6 Å². The second-order valence-electron chi connectivity index (χ2n) is 6.82. The molecular formula is C22H21ClN2O3. The summed E-state index contributed by atoms with van der Waals surface area (Å²) < 4.78 is 5.08. The highest BCUT2D eigenvalue weighted by molar-refractivity contribution is 6.30. The molecule has 144 valence electrons. The molecule has 1 aromatic heterocycles. The fourth-order valence-electron chi connectivity index (χ4n) is 3.79. The highest BCUT2D eigenvalue weighted by atomic mass is 35.5. The lowest BCUT2D eigenvalue weighted by Gasteiger charge is -2.24. The minimum Gasteiger partial charge on any atom is -0.449 e. The van der Waals surface area contributed by atoms with E-state index in [1.807, 2.05) is 36.4 Å². The normalized spacial score (nSPS) is 21.0. The van der Waals surface area contributed by atoms with Crippen molar-refractivity contribution in [3.05, 3.63) is 81.8 Å². The smallest absolute Gasteiger partial charge is 0.413 e. The number of halogens is 1. The molecule has 1 atom stereocenters. The van der Waals surface area contributed by atoms with Crippen molar-refractivity contribution in [3.63, 3.8) is 0 Å². The number of carbonyl (C=O) groups is 1. The third-order valence-corrected chi connectivity index (χ3v) is 5.32. The molecule has 4 rings (SSSR count). The minimum atomic E-state index is -0.650. The Hall–Kier alpha value is -2.63. The van der Waals surface area contributed by atoms with Gasteiger partial charge in [0.1, 0.15) is 0 Å². The molecule has 0 fully saturated rings. The van der Waals surface area contributed by atoms with Crippen molar-refractivity contribution in [2.75, 3.05) is 13.2 Å². The van der Waals surface area contributed by atoms with Gasteiger partial charge in [0.15, 0.2) is 0 Å². The number of aromatic nitrogens is 1. The highest BCUT2D eigenvalue weighted by Gasteiger charge is 2.28. The second kappa shape index (κ2) is 7.78. The highest BCUT2D eigenvalue weighted by Crippen LogP contribution is 2.40. The lowest BCUT2D eigenvalue weighted by atomic mass is 9.90. The number of aliphatic hydroxyl groups is 1. The van der Waals surface area contributed by atoms with E-state index in [-0.39, 0.29) is 6.09 Å². The average molecular weight is 397 g/mol. The van der Waals surface area contributed by atoms with E-state index in [1.54, 1.807) is 24.2 Å². The zero-order valence-electron chi connectivity index (χ0n) is 15.6. The third-order valence-electron chi connectivity index (χ3n) is 5.09. The standard InChI is InChI=1S/C22H21ClN2O3/c1-2-28-22(27)25-10-7-14(8-11-25)20-17-6-5-16(23)12-15(17)13-19(26)18-4-3-9-24-21(18)20/h3-7,9-10,12,19,26H,2,8,11,13H2,1H3/b20-14-. The number of amides is 1. The van der Waals surface area contributed by atoms with Gasteiger partial charge in [0, 0.05) is 41.5 Å². The molecule has 0 spiro atoms. The van der Waals surface area contributed by atoms with E-state index in [1.165, 1.54) is 0 Å². The zero-order valence-corrected chi connectivity index (χ0v) is 16.3. The minimum absolute atomic E-state index is 0.343. The Bertz CT molecular complexity index is 983. The van der Waals surface area contributed by atoms with Gasteiger partial charge >= 0.3 is 6.09 Å². The molecule has 1 aromatic carbocycles. The number of carbonyl (C=O) groups excluding carboxylic acids is 1. The van der Waals surface area contributed by atoms with E-state index in [2.05, 4.69) is 4.98 Å². The molecule has 0 bridgehead atoms. The fourth-order valence-corrected chi connectivity index (χ4v) is 3.98. The fraction of sp³-hybridized carbons (Fsp3) is 0.273. The summed E-state index contributed by atoms with van der Waals surface area (Å²) in [5.74, 6) is 0. The van der Waals surface area contributed by atoms with Crippen LogP contribution < -0.4 is 0 Å². The van der Waals surface area contributed by atoms with Gasteiger partial charge in [-0.3, -0.25) is 9.88 Å². The molecule has 28 heavy (non-hydrogen) atoms. The van der Waals surface area contributed by atoms with Crippen LogP contribution in [0, 0.1) is 0 Å². The van der Waals surface area contributed by atoms with Crippen LogP contribution in [0.3, 0.4) is 0 Å². The van der Waals surface area contributed by atoms with Crippen molar-refractivity contribution in [1.82, 2.24) is 9.88 Å². The van der Waals surface area contributed by atoms with E-state index in [0.29, 0.717) is 31.0 Å². The first-order valence-electron chi connectivity index (χ1n) is 9.35. The van der Waals surface area contributed by atoms with Crippen molar-refractivity contribution in [1.29, 1.82) is 0 Å². The first-order valence-corrected chi connectivity index (χ1v) is 9.73. The van der Waals surface area contributed by atoms with Gasteiger partial charge in [-0.05, 0) is 54.3 Å². The summed E-state index contributed by atoms with van der Waals surface area (Å²) in [7, 11) is 0. The Balaban J connectivity index is 1.87. The van der Waals surface area contributed by atoms with Crippen molar-refractivity contribution < 1.29 is 14.6 Å². The summed E-state index contributed by atoms with van der Waals surface area (Å²) in [6.07, 6.45) is 5.58. The molecule has 0 saturated heterocycles. The van der Waals surface area contributed by atoms with Crippen LogP contribution in [0.5, 0.6) is 0 Å². The van der Waals surface area contributed by atoms with E-state index in [0.717, 1.165) is 33.5 Å². The van der Waals surface area contributed by atoms with Crippen LogP contribution in [0.2, 0.25) is 5.02 Å². The van der Waals surface area contributed by atoms with Gasteiger partial charge < -0.3 is 9.84 Å². The first-order chi connectivity index (χ1) is 13.6. The van der Waals surface area contributed by atoms with Crippen LogP contribution in [0.15, 0.2) is 54.4 Å². The summed E-state index contributed by atoms with van der Waals surface area (Å²) in [4.78, 5) is 18.2. The van der Waals surface area contributed by atoms with Crippen LogP contribution in [0.4, 0.5) is 4.79 Å². The number of pyridine rings is 1. The van der Waals surface area contributed by atoms with Crippen molar-refractivity contribution in [2.24, 2.45) is 0 Å². The first kappa shape index (κ1) is 18.7. The molecule has 1 aliphatic heterocycles. The van der Waals surface area contributed by atoms with Crippen LogP contribution in [-0.4, -0.2) is 34.2 Å². The third kappa shape index (κ3) is 3.43. The van der Waals surface area contributed by atoms with Gasteiger partial charge in [0.25, 0.3) is 0 Å². The molecular weight excluding hydrogens is 376 g/mol. The van der Waals surface area contributed by atoms with Gasteiger partial charge in [0.05, 0.1) is 18.4 Å². The van der Waals surface area contributed by atoms with Crippen LogP contribution in [0.1, 0.15) is 41.8 Å². The molecule has 0 saturated carbocycles. The molecule has 6 heteroatoms. The SMILES string of the molecule is CCOC(=O)N1C=C/C(=C2\c3ccc(Cl)cc3CC(O)c3cccnc32)CC1. The number of fused-ring (bicyclic) bond motifs is 2. The van der Waals surface area contributed by atoms with Gasteiger partial charge in [-0.2, -0.15) is 0 Å². The number of rotatable bonds is 1. The number of nitrogens with zero attached hydrogens (tertiary/aromatic N) is 2. The molecule has 0 radical (unpaired) electrons. The lowest BCUT2D eigenvalue weighted by Crippen LogP contribution is -2.29. The summed E-state index contributed by atoms with van der Waals surface area (Å²) in [6, 6.07) is 9.51. The Morgan fingerprint density at radius 1 is 1.39 bits per heavy atom. The van der Waals surface area contributed by atoms with Crippen molar-refractivity contribution >= 4 is 23.3 Å². The quantitative estimate of drug-likeness (QED) is 0.770. The Labute approximate surface area is 168 Å². The van der Waals surface area contributed by atoms with Gasteiger partial charge in [-0.1, -0.05) is 23.7 Å². The molecule has 2 heterocycles.